The lowest BCUT2D eigenvalue weighted by atomic mass is 10.0. The van der Waals surface area contributed by atoms with Crippen molar-refractivity contribution in [2.75, 3.05) is 13.1 Å². The molecule has 0 amide bonds. The third kappa shape index (κ3) is 4.10. The molecular weight excluding hydrogens is 356 g/mol. The van der Waals surface area contributed by atoms with Crippen molar-refractivity contribution in [3.8, 4) is 0 Å². The zero-order valence-electron chi connectivity index (χ0n) is 15.7. The van der Waals surface area contributed by atoms with Crippen LogP contribution in [0.3, 0.4) is 0 Å². The Balaban J connectivity index is 1.62. The minimum Gasteiger partial charge on any atom is -0.327 e. The van der Waals surface area contributed by atoms with Gasteiger partial charge in [-0.25, -0.2) is 13.1 Å². The van der Waals surface area contributed by atoms with Gasteiger partial charge in [-0.05, 0) is 49.8 Å². The average Bonchev–Trinajstić information content (AvgIpc) is 2.99. The monoisotopic (exact) mass is 385 g/mol. The van der Waals surface area contributed by atoms with Crippen molar-refractivity contribution >= 4 is 10.0 Å². The topological polar surface area (TPSA) is 50.6 Å². The number of likely N-dealkylation sites (tertiary alicyclic amines) is 1. The molecule has 5 heteroatoms. The van der Waals surface area contributed by atoms with Crippen LogP contribution < -0.4 is 9.62 Å². The predicted octanol–water partition coefficient (Wildman–Crippen LogP) is 2.48. The van der Waals surface area contributed by atoms with Crippen LogP contribution >= 0.6 is 0 Å². The molecule has 2 aromatic rings. The van der Waals surface area contributed by atoms with Gasteiger partial charge in [-0.15, -0.1) is 0 Å². The lowest BCUT2D eigenvalue weighted by Crippen LogP contribution is -3.13. The molecule has 1 heterocycles. The van der Waals surface area contributed by atoms with E-state index in [1.54, 1.807) is 29.2 Å². The van der Waals surface area contributed by atoms with Crippen molar-refractivity contribution in [3.05, 3.63) is 65.7 Å². The fourth-order valence-electron chi connectivity index (χ4n) is 4.75. The van der Waals surface area contributed by atoms with Gasteiger partial charge in [0.2, 0.25) is 10.0 Å². The number of hydrogen-bond acceptors (Lipinski definition) is 2. The number of benzene rings is 2. The summed E-state index contributed by atoms with van der Waals surface area (Å²) >= 11 is 0. The second-order valence-electron chi connectivity index (χ2n) is 7.85. The molecule has 1 saturated heterocycles. The highest BCUT2D eigenvalue weighted by molar-refractivity contribution is 7.89. The zero-order valence-corrected chi connectivity index (χ0v) is 16.5. The molecule has 1 aliphatic heterocycles. The molecule has 0 spiro atoms. The average molecular weight is 386 g/mol. The van der Waals surface area contributed by atoms with E-state index >= 15 is 0 Å². The molecule has 0 saturated carbocycles. The van der Waals surface area contributed by atoms with Gasteiger partial charge in [-0.2, -0.15) is 0 Å². The van der Waals surface area contributed by atoms with E-state index in [-0.39, 0.29) is 12.1 Å². The van der Waals surface area contributed by atoms with E-state index in [2.05, 4.69) is 29.0 Å². The maximum absolute atomic E-state index is 13.0. The highest BCUT2D eigenvalue weighted by atomic mass is 32.2. The minimum atomic E-state index is -3.51. The molecule has 2 atom stereocenters. The number of rotatable bonds is 4. The fraction of sp³-hybridized carbons (Fsp3) is 0.455. The van der Waals surface area contributed by atoms with E-state index in [0.29, 0.717) is 4.90 Å². The standard InChI is InChI=1S/C22H28N2O2S/c25-27(26,19-12-5-4-6-13-19)23-21-17-18-11-7-8-14-20(18)22(21)24-15-9-2-1-3-10-16-24/h4-8,11-14,21-23H,1-3,9-10,15-17H2/p+1/t21-,22-/m1/s1. The van der Waals surface area contributed by atoms with Gasteiger partial charge in [0.1, 0.15) is 6.04 Å². The number of nitrogens with one attached hydrogen (secondary N) is 2. The van der Waals surface area contributed by atoms with Gasteiger partial charge in [-0.3, -0.25) is 0 Å². The Bertz CT molecular complexity index is 859. The molecule has 2 aliphatic rings. The first-order valence-electron chi connectivity index (χ1n) is 10.1. The summed E-state index contributed by atoms with van der Waals surface area (Å²) in [6.45, 7) is 2.26. The number of hydrogen-bond donors (Lipinski definition) is 2. The first-order chi connectivity index (χ1) is 13.1. The molecule has 0 bridgehead atoms. The van der Waals surface area contributed by atoms with E-state index in [9.17, 15) is 8.42 Å². The van der Waals surface area contributed by atoms with Gasteiger partial charge in [0.15, 0.2) is 0 Å². The van der Waals surface area contributed by atoms with Crippen LogP contribution in [0.2, 0.25) is 0 Å². The van der Waals surface area contributed by atoms with Gasteiger partial charge in [0.05, 0.1) is 24.0 Å². The summed E-state index contributed by atoms with van der Waals surface area (Å²) in [7, 11) is -3.51. The summed E-state index contributed by atoms with van der Waals surface area (Å²) in [5.74, 6) is 0. The molecule has 4 rings (SSSR count). The second-order valence-corrected chi connectivity index (χ2v) is 9.56. The molecule has 27 heavy (non-hydrogen) atoms. The van der Waals surface area contributed by atoms with Crippen LogP contribution in [0.1, 0.15) is 49.3 Å². The molecule has 144 valence electrons. The van der Waals surface area contributed by atoms with E-state index in [0.717, 1.165) is 19.5 Å². The molecule has 4 nitrogen and oxygen atoms in total. The second kappa shape index (κ2) is 8.13. The van der Waals surface area contributed by atoms with Crippen molar-refractivity contribution in [1.29, 1.82) is 0 Å². The largest absolute Gasteiger partial charge is 0.327 e. The Labute approximate surface area is 162 Å². The molecular formula is C22H29N2O2S+. The Kier molecular flexibility index (Phi) is 5.62. The van der Waals surface area contributed by atoms with Crippen molar-refractivity contribution < 1.29 is 13.3 Å². The Morgan fingerprint density at radius 3 is 2.19 bits per heavy atom. The third-order valence-electron chi connectivity index (χ3n) is 6.03. The van der Waals surface area contributed by atoms with Crippen LogP contribution in [0.5, 0.6) is 0 Å². The summed E-state index contributed by atoms with van der Waals surface area (Å²) in [6, 6.07) is 17.4. The molecule has 1 fully saturated rings. The molecule has 0 unspecified atom stereocenters. The molecule has 0 aromatic heterocycles. The van der Waals surface area contributed by atoms with Crippen molar-refractivity contribution in [3.63, 3.8) is 0 Å². The summed E-state index contributed by atoms with van der Waals surface area (Å²) in [6.07, 6.45) is 7.14. The number of quaternary nitrogens is 1. The highest BCUT2D eigenvalue weighted by Gasteiger charge is 2.41. The maximum atomic E-state index is 13.0. The Morgan fingerprint density at radius 1 is 0.815 bits per heavy atom. The van der Waals surface area contributed by atoms with E-state index in [4.69, 9.17) is 0 Å². The SMILES string of the molecule is O=S(=O)(N[C@@H]1Cc2ccccc2[C@H]1[NH+]1CCCCCCC1)c1ccccc1. The van der Waals surface area contributed by atoms with Gasteiger partial charge in [0, 0.05) is 5.56 Å². The maximum Gasteiger partial charge on any atom is 0.241 e. The fourth-order valence-corrected chi connectivity index (χ4v) is 6.02. The first kappa shape index (κ1) is 18.7. The molecule has 2 N–H and O–H groups in total. The normalized spacial score (nSPS) is 24.1. The van der Waals surface area contributed by atoms with Crippen LogP contribution in [0.25, 0.3) is 0 Å². The van der Waals surface area contributed by atoms with Crippen molar-refractivity contribution in [2.45, 2.75) is 55.5 Å². The molecule has 2 aromatic carbocycles. The summed E-state index contributed by atoms with van der Waals surface area (Å²) < 4.78 is 29.0. The smallest absolute Gasteiger partial charge is 0.241 e. The quantitative estimate of drug-likeness (QED) is 0.850. The van der Waals surface area contributed by atoms with Gasteiger partial charge in [0.25, 0.3) is 0 Å². The van der Waals surface area contributed by atoms with Gasteiger partial charge in [-0.1, -0.05) is 48.9 Å². The Hall–Kier alpha value is -1.69. The summed E-state index contributed by atoms with van der Waals surface area (Å²) in [5.41, 5.74) is 2.62. The lowest BCUT2D eigenvalue weighted by molar-refractivity contribution is -0.933. The van der Waals surface area contributed by atoms with Gasteiger partial charge < -0.3 is 4.90 Å². The first-order valence-corrected chi connectivity index (χ1v) is 11.6. The predicted molar refractivity (Wildman–Crippen MR) is 107 cm³/mol. The summed E-state index contributed by atoms with van der Waals surface area (Å²) in [4.78, 5) is 1.89. The highest BCUT2D eigenvalue weighted by Crippen LogP contribution is 2.30. The van der Waals surface area contributed by atoms with E-state index in [1.165, 1.54) is 43.2 Å². The van der Waals surface area contributed by atoms with Crippen LogP contribution in [0, 0.1) is 0 Å². The lowest BCUT2D eigenvalue weighted by Gasteiger charge is -2.32. The van der Waals surface area contributed by atoms with Crippen LogP contribution in [-0.4, -0.2) is 27.5 Å². The van der Waals surface area contributed by atoms with E-state index < -0.39 is 10.0 Å². The minimum absolute atomic E-state index is 0.0815. The van der Waals surface area contributed by atoms with Gasteiger partial charge >= 0.3 is 0 Å². The van der Waals surface area contributed by atoms with Crippen LogP contribution in [0.4, 0.5) is 0 Å². The number of fused-ring (bicyclic) bond motifs is 1. The van der Waals surface area contributed by atoms with Crippen LogP contribution in [0.15, 0.2) is 59.5 Å². The molecule has 1 aliphatic carbocycles. The van der Waals surface area contributed by atoms with E-state index in [1.807, 2.05) is 6.07 Å². The molecule has 0 radical (unpaired) electrons. The summed E-state index contributed by atoms with van der Waals surface area (Å²) in [5, 5.41) is 0. The number of sulfonamides is 1. The third-order valence-corrected chi connectivity index (χ3v) is 7.53. The van der Waals surface area contributed by atoms with Crippen molar-refractivity contribution in [1.82, 2.24) is 4.72 Å². The zero-order chi connectivity index (χ0) is 18.7. The van der Waals surface area contributed by atoms with Crippen LogP contribution in [-0.2, 0) is 16.4 Å². The Morgan fingerprint density at radius 2 is 1.44 bits per heavy atom. The van der Waals surface area contributed by atoms with Crippen molar-refractivity contribution in [2.24, 2.45) is 0 Å².